The Kier molecular flexibility index (Phi) is 3.84. The zero-order chi connectivity index (χ0) is 10.0. The Balaban J connectivity index is 3.36. The molecule has 0 bridgehead atoms. The second kappa shape index (κ2) is 4.50. The van der Waals surface area contributed by atoms with E-state index in [0.29, 0.717) is 14.6 Å². The third-order valence-corrected chi connectivity index (χ3v) is 3.28. The average molecular weight is 364 g/mol. The molecular weight excluding hydrogens is 359 g/mol. The van der Waals surface area contributed by atoms with E-state index in [1.54, 1.807) is 22.6 Å². The maximum Gasteiger partial charge on any atom is 0.265 e. The number of pyridine rings is 1. The molecule has 0 aliphatic rings. The van der Waals surface area contributed by atoms with Gasteiger partial charge in [0.25, 0.3) is 6.43 Å². The predicted octanol–water partition coefficient (Wildman–Crippen LogP) is 2.81. The van der Waals surface area contributed by atoms with Crippen LogP contribution in [0.1, 0.15) is 17.7 Å². The van der Waals surface area contributed by atoms with Gasteiger partial charge in [-0.3, -0.25) is 4.79 Å². The van der Waals surface area contributed by atoms with E-state index in [9.17, 15) is 13.6 Å². The van der Waals surface area contributed by atoms with Crippen molar-refractivity contribution in [3.8, 4) is 0 Å². The summed E-state index contributed by atoms with van der Waals surface area (Å²) >= 11 is 4.90. The van der Waals surface area contributed by atoms with Gasteiger partial charge < -0.3 is 4.98 Å². The summed E-state index contributed by atoms with van der Waals surface area (Å²) in [6.45, 7) is 0. The zero-order valence-electron chi connectivity index (χ0n) is 6.28. The van der Waals surface area contributed by atoms with Crippen molar-refractivity contribution in [3.05, 3.63) is 31.2 Å². The fraction of sp³-hybridized carbons (Fsp3) is 0.286. The maximum absolute atomic E-state index is 12.4. The predicted molar refractivity (Wildman–Crippen MR) is 57.4 cm³/mol. The van der Waals surface area contributed by atoms with Crippen molar-refractivity contribution in [1.82, 2.24) is 4.98 Å². The van der Waals surface area contributed by atoms with E-state index in [4.69, 9.17) is 0 Å². The standard InChI is InChI=1S/C7H5BrF2INO/c8-2-4-6(11)3(7(9)10)1-5(13)12-4/h1,7H,2H2,(H,12,13). The Bertz CT molecular complexity index is 366. The number of alkyl halides is 3. The zero-order valence-corrected chi connectivity index (χ0v) is 10.0. The first-order chi connectivity index (χ1) is 6.06. The SMILES string of the molecule is O=c1cc(C(F)F)c(I)c(CBr)[nH]1. The monoisotopic (exact) mass is 363 g/mol. The van der Waals surface area contributed by atoms with Gasteiger partial charge in [0.15, 0.2) is 0 Å². The van der Waals surface area contributed by atoms with Crippen LogP contribution in [-0.2, 0) is 5.33 Å². The fourth-order valence-corrected chi connectivity index (χ4v) is 2.53. The number of hydrogen-bond acceptors (Lipinski definition) is 1. The van der Waals surface area contributed by atoms with Crippen LogP contribution in [0.4, 0.5) is 8.78 Å². The molecule has 0 aliphatic carbocycles. The molecule has 0 aromatic carbocycles. The van der Waals surface area contributed by atoms with E-state index in [2.05, 4.69) is 20.9 Å². The highest BCUT2D eigenvalue weighted by Crippen LogP contribution is 2.25. The average Bonchev–Trinajstić information content (AvgIpc) is 2.08. The van der Waals surface area contributed by atoms with Crippen molar-refractivity contribution in [2.45, 2.75) is 11.8 Å². The first-order valence-electron chi connectivity index (χ1n) is 3.32. The van der Waals surface area contributed by atoms with Crippen LogP contribution in [0.2, 0.25) is 0 Å². The van der Waals surface area contributed by atoms with E-state index >= 15 is 0 Å². The molecule has 0 fully saturated rings. The molecule has 2 nitrogen and oxygen atoms in total. The number of rotatable bonds is 2. The van der Waals surface area contributed by atoms with Crippen molar-refractivity contribution in [2.24, 2.45) is 0 Å². The number of H-pyrrole nitrogens is 1. The van der Waals surface area contributed by atoms with E-state index in [-0.39, 0.29) is 5.56 Å². The van der Waals surface area contributed by atoms with Crippen LogP contribution in [0.3, 0.4) is 0 Å². The Morgan fingerprint density at radius 2 is 2.23 bits per heavy atom. The van der Waals surface area contributed by atoms with Crippen LogP contribution in [0.15, 0.2) is 10.9 Å². The van der Waals surface area contributed by atoms with Crippen molar-refractivity contribution in [1.29, 1.82) is 0 Å². The van der Waals surface area contributed by atoms with Gasteiger partial charge in [0.05, 0.1) is 0 Å². The minimum absolute atomic E-state index is 0.209. The lowest BCUT2D eigenvalue weighted by Gasteiger charge is -2.05. The van der Waals surface area contributed by atoms with Gasteiger partial charge in [0.1, 0.15) is 0 Å². The number of nitrogens with one attached hydrogen (secondary N) is 1. The van der Waals surface area contributed by atoms with Gasteiger partial charge >= 0.3 is 0 Å². The third-order valence-electron chi connectivity index (χ3n) is 1.45. The van der Waals surface area contributed by atoms with Crippen molar-refractivity contribution >= 4 is 38.5 Å². The van der Waals surface area contributed by atoms with E-state index < -0.39 is 12.0 Å². The quantitative estimate of drug-likeness (QED) is 0.636. The number of hydrogen-bond donors (Lipinski definition) is 1. The molecule has 0 spiro atoms. The Morgan fingerprint density at radius 3 is 2.69 bits per heavy atom. The first kappa shape index (κ1) is 11.1. The summed E-state index contributed by atoms with van der Waals surface area (Å²) in [5.74, 6) is 0. The molecule has 1 aromatic rings. The summed E-state index contributed by atoms with van der Waals surface area (Å²) in [6, 6.07) is 0.929. The number of halogens is 4. The van der Waals surface area contributed by atoms with Gasteiger partial charge in [0.2, 0.25) is 5.56 Å². The van der Waals surface area contributed by atoms with Crippen molar-refractivity contribution in [2.75, 3.05) is 0 Å². The molecular formula is C7H5BrF2INO. The maximum atomic E-state index is 12.4. The largest absolute Gasteiger partial charge is 0.324 e. The lowest BCUT2D eigenvalue weighted by Crippen LogP contribution is -2.11. The Morgan fingerprint density at radius 1 is 1.62 bits per heavy atom. The van der Waals surface area contributed by atoms with Gasteiger partial charge in [-0.15, -0.1) is 0 Å². The molecule has 13 heavy (non-hydrogen) atoms. The lowest BCUT2D eigenvalue weighted by molar-refractivity contribution is 0.150. The van der Waals surface area contributed by atoms with E-state index in [0.717, 1.165) is 6.07 Å². The molecule has 1 rings (SSSR count). The molecule has 1 aromatic heterocycles. The summed E-state index contributed by atoms with van der Waals surface area (Å²) < 4.78 is 25.1. The molecule has 0 saturated carbocycles. The first-order valence-corrected chi connectivity index (χ1v) is 5.52. The van der Waals surface area contributed by atoms with Crippen LogP contribution in [0.5, 0.6) is 0 Å². The molecule has 0 aliphatic heterocycles. The second-order valence-electron chi connectivity index (χ2n) is 2.32. The van der Waals surface area contributed by atoms with Crippen LogP contribution in [-0.4, -0.2) is 4.98 Å². The highest BCUT2D eigenvalue weighted by molar-refractivity contribution is 14.1. The molecule has 1 N–H and O–H groups in total. The van der Waals surface area contributed by atoms with Gasteiger partial charge in [-0.05, 0) is 22.6 Å². The summed E-state index contributed by atoms with van der Waals surface area (Å²) in [4.78, 5) is 13.4. The van der Waals surface area contributed by atoms with Gasteiger partial charge in [-0.25, -0.2) is 8.78 Å². The summed E-state index contributed by atoms with van der Waals surface area (Å²) in [5.41, 5.74) is -0.215. The topological polar surface area (TPSA) is 32.9 Å². The highest BCUT2D eigenvalue weighted by Gasteiger charge is 2.15. The second-order valence-corrected chi connectivity index (χ2v) is 3.96. The molecule has 0 atom stereocenters. The van der Waals surface area contributed by atoms with Gasteiger partial charge in [-0.1, -0.05) is 15.9 Å². The minimum atomic E-state index is -2.60. The third kappa shape index (κ3) is 2.49. The highest BCUT2D eigenvalue weighted by atomic mass is 127. The Labute approximate surface area is 95.0 Å². The van der Waals surface area contributed by atoms with Gasteiger partial charge in [0, 0.05) is 26.2 Å². The molecule has 6 heteroatoms. The minimum Gasteiger partial charge on any atom is -0.324 e. The van der Waals surface area contributed by atoms with Crippen LogP contribution in [0, 0.1) is 3.57 Å². The molecule has 72 valence electrons. The molecule has 0 radical (unpaired) electrons. The normalized spacial score (nSPS) is 10.8. The van der Waals surface area contributed by atoms with Gasteiger partial charge in [-0.2, -0.15) is 0 Å². The van der Waals surface area contributed by atoms with Crippen LogP contribution < -0.4 is 5.56 Å². The summed E-state index contributed by atoms with van der Waals surface area (Å²) in [6.07, 6.45) is -2.60. The number of aromatic amines is 1. The summed E-state index contributed by atoms with van der Waals surface area (Å²) in [7, 11) is 0. The van der Waals surface area contributed by atoms with E-state index in [1.165, 1.54) is 0 Å². The lowest BCUT2D eigenvalue weighted by atomic mass is 10.2. The van der Waals surface area contributed by atoms with Crippen molar-refractivity contribution < 1.29 is 8.78 Å². The summed E-state index contributed by atoms with van der Waals surface area (Å²) in [5, 5.41) is 0.362. The molecule has 0 unspecified atom stereocenters. The van der Waals surface area contributed by atoms with Crippen LogP contribution in [0.25, 0.3) is 0 Å². The molecule has 0 saturated heterocycles. The van der Waals surface area contributed by atoms with E-state index in [1.807, 2.05) is 0 Å². The fourth-order valence-electron chi connectivity index (χ4n) is 0.869. The molecule has 0 amide bonds. The van der Waals surface area contributed by atoms with Crippen molar-refractivity contribution in [3.63, 3.8) is 0 Å². The smallest absolute Gasteiger partial charge is 0.265 e. The Hall–Kier alpha value is 0.0200. The van der Waals surface area contributed by atoms with Crippen LogP contribution >= 0.6 is 38.5 Å². The molecule has 1 heterocycles. The number of aromatic nitrogens is 1.